The van der Waals surface area contributed by atoms with E-state index in [-0.39, 0.29) is 17.1 Å². The molecule has 2 rings (SSSR count). The monoisotopic (exact) mass is 321 g/mol. The summed E-state index contributed by atoms with van der Waals surface area (Å²) in [5.41, 5.74) is 3.02. The minimum atomic E-state index is -0.576. The summed E-state index contributed by atoms with van der Waals surface area (Å²) in [6.07, 6.45) is 0. The van der Waals surface area contributed by atoms with Crippen LogP contribution in [0.4, 0.5) is 11.4 Å². The van der Waals surface area contributed by atoms with Crippen molar-refractivity contribution in [2.75, 3.05) is 5.43 Å². The van der Waals surface area contributed by atoms with Crippen molar-refractivity contribution in [2.24, 2.45) is 5.10 Å². The number of benzene rings is 2. The van der Waals surface area contributed by atoms with Crippen molar-refractivity contribution in [3.8, 4) is 23.6 Å². The second kappa shape index (κ2) is 7.38. The van der Waals surface area contributed by atoms with Crippen LogP contribution < -0.4 is 10.2 Å². The van der Waals surface area contributed by atoms with Gasteiger partial charge in [0.25, 0.3) is 5.69 Å². The van der Waals surface area contributed by atoms with Gasteiger partial charge in [0, 0.05) is 12.1 Å². The number of nitriles is 2. The van der Waals surface area contributed by atoms with E-state index in [1.165, 1.54) is 18.2 Å². The molecule has 0 bridgehead atoms. The Hall–Kier alpha value is -3.91. The minimum absolute atomic E-state index is 0.215. The first-order valence-electron chi connectivity index (χ1n) is 6.69. The Morgan fingerprint density at radius 2 is 1.96 bits per heavy atom. The molecule has 24 heavy (non-hydrogen) atoms. The van der Waals surface area contributed by atoms with Gasteiger partial charge in [-0.2, -0.15) is 15.6 Å². The largest absolute Gasteiger partial charge is 0.457 e. The SMILES string of the molecule is Cc1cccc(Oc2cc(NN=C(C#N)C#N)cc([N+](=O)[O-])c2)c1. The molecule has 2 aromatic rings. The van der Waals surface area contributed by atoms with Crippen LogP contribution in [0.3, 0.4) is 0 Å². The highest BCUT2D eigenvalue weighted by molar-refractivity contribution is 6.10. The van der Waals surface area contributed by atoms with Crippen LogP contribution in [0.5, 0.6) is 11.5 Å². The van der Waals surface area contributed by atoms with E-state index in [9.17, 15) is 10.1 Å². The molecule has 0 aromatic heterocycles. The Labute approximate surface area is 137 Å². The summed E-state index contributed by atoms with van der Waals surface area (Å²) in [5, 5.41) is 31.9. The Kier molecular flexibility index (Phi) is 5.06. The zero-order chi connectivity index (χ0) is 17.5. The molecular weight excluding hydrogens is 310 g/mol. The van der Waals surface area contributed by atoms with E-state index in [1.807, 2.05) is 13.0 Å². The van der Waals surface area contributed by atoms with Gasteiger partial charge in [-0.3, -0.25) is 15.5 Å². The summed E-state index contributed by atoms with van der Waals surface area (Å²) >= 11 is 0. The number of nitrogens with zero attached hydrogens (tertiary/aromatic N) is 4. The lowest BCUT2D eigenvalue weighted by molar-refractivity contribution is -0.384. The fourth-order valence-electron chi connectivity index (χ4n) is 1.82. The second-order valence-corrected chi connectivity index (χ2v) is 4.69. The maximum atomic E-state index is 11.0. The maximum absolute atomic E-state index is 11.0. The molecule has 0 atom stereocenters. The van der Waals surface area contributed by atoms with Gasteiger partial charge in [-0.25, -0.2) is 0 Å². The van der Waals surface area contributed by atoms with Crippen LogP contribution >= 0.6 is 0 Å². The van der Waals surface area contributed by atoms with Crippen molar-refractivity contribution in [3.63, 3.8) is 0 Å². The Balaban J connectivity index is 2.34. The summed E-state index contributed by atoms with van der Waals surface area (Å²) in [4.78, 5) is 10.5. The lowest BCUT2D eigenvalue weighted by Crippen LogP contribution is -1.98. The van der Waals surface area contributed by atoms with Crippen molar-refractivity contribution in [2.45, 2.75) is 6.92 Å². The first-order chi connectivity index (χ1) is 11.5. The third-order valence-corrected chi connectivity index (χ3v) is 2.84. The molecule has 0 heterocycles. The molecule has 0 saturated carbocycles. The smallest absolute Gasteiger partial charge is 0.275 e. The van der Waals surface area contributed by atoms with Crippen molar-refractivity contribution in [1.82, 2.24) is 0 Å². The van der Waals surface area contributed by atoms with Crippen molar-refractivity contribution >= 4 is 17.1 Å². The Bertz CT molecular complexity index is 877. The van der Waals surface area contributed by atoms with Crippen molar-refractivity contribution in [3.05, 3.63) is 58.1 Å². The average molecular weight is 321 g/mol. The quantitative estimate of drug-likeness (QED) is 0.510. The van der Waals surface area contributed by atoms with Crippen LogP contribution in [0.25, 0.3) is 0 Å². The molecule has 118 valence electrons. The van der Waals surface area contributed by atoms with Gasteiger partial charge >= 0.3 is 0 Å². The molecule has 2 aromatic carbocycles. The number of aryl methyl sites for hydroxylation is 1. The second-order valence-electron chi connectivity index (χ2n) is 4.69. The molecule has 0 amide bonds. The van der Waals surface area contributed by atoms with Crippen LogP contribution in [-0.2, 0) is 0 Å². The van der Waals surface area contributed by atoms with E-state index in [0.29, 0.717) is 5.75 Å². The van der Waals surface area contributed by atoms with Gasteiger partial charge in [-0.05, 0) is 24.6 Å². The van der Waals surface area contributed by atoms with Crippen LogP contribution in [-0.4, -0.2) is 10.6 Å². The van der Waals surface area contributed by atoms with Crippen molar-refractivity contribution < 1.29 is 9.66 Å². The van der Waals surface area contributed by atoms with E-state index < -0.39 is 10.6 Å². The number of hydrogen-bond donors (Lipinski definition) is 1. The summed E-state index contributed by atoms with van der Waals surface area (Å²) in [6, 6.07) is 14.3. The number of non-ortho nitro benzene ring substituents is 1. The molecule has 0 radical (unpaired) electrons. The molecule has 1 N–H and O–H groups in total. The molecule has 0 unspecified atom stereocenters. The van der Waals surface area contributed by atoms with E-state index in [2.05, 4.69) is 10.5 Å². The van der Waals surface area contributed by atoms with Gasteiger partial charge in [0.1, 0.15) is 23.6 Å². The molecule has 0 fully saturated rings. The molecule has 8 nitrogen and oxygen atoms in total. The predicted molar refractivity (Wildman–Crippen MR) is 86.6 cm³/mol. The standard InChI is InChI=1S/C16H11N5O3/c1-11-3-2-4-15(5-11)24-16-7-12(6-14(8-16)21(22)23)19-20-13(9-17)10-18/h2-8,19H,1H3. The van der Waals surface area contributed by atoms with Crippen LogP contribution in [0, 0.1) is 39.7 Å². The number of ether oxygens (including phenoxy) is 1. The fraction of sp³-hybridized carbons (Fsp3) is 0.0625. The maximum Gasteiger partial charge on any atom is 0.275 e. The summed E-state index contributed by atoms with van der Waals surface area (Å²) in [5.74, 6) is 0.752. The summed E-state index contributed by atoms with van der Waals surface area (Å²) in [6.45, 7) is 1.90. The lowest BCUT2D eigenvalue weighted by Gasteiger charge is -2.08. The number of nitro benzene ring substituents is 1. The highest BCUT2D eigenvalue weighted by atomic mass is 16.6. The molecule has 0 aliphatic carbocycles. The molecule has 8 heteroatoms. The van der Waals surface area contributed by atoms with Gasteiger partial charge in [0.2, 0.25) is 5.71 Å². The van der Waals surface area contributed by atoms with Gasteiger partial charge < -0.3 is 4.74 Å². The highest BCUT2D eigenvalue weighted by Gasteiger charge is 2.11. The predicted octanol–water partition coefficient (Wildman–Crippen LogP) is 3.51. The minimum Gasteiger partial charge on any atom is -0.457 e. The summed E-state index contributed by atoms with van der Waals surface area (Å²) in [7, 11) is 0. The van der Waals surface area contributed by atoms with Gasteiger partial charge in [-0.1, -0.05) is 12.1 Å². The van der Waals surface area contributed by atoms with E-state index >= 15 is 0 Å². The topological polar surface area (TPSA) is 124 Å². The lowest BCUT2D eigenvalue weighted by atomic mass is 10.2. The van der Waals surface area contributed by atoms with Crippen LogP contribution in [0.15, 0.2) is 47.6 Å². The zero-order valence-electron chi connectivity index (χ0n) is 12.6. The van der Waals surface area contributed by atoms with Gasteiger partial charge in [0.15, 0.2) is 0 Å². The Morgan fingerprint density at radius 3 is 2.58 bits per heavy atom. The van der Waals surface area contributed by atoms with Crippen LogP contribution in [0.1, 0.15) is 5.56 Å². The van der Waals surface area contributed by atoms with Gasteiger partial charge in [0.05, 0.1) is 16.7 Å². The number of nitro groups is 1. The van der Waals surface area contributed by atoms with Gasteiger partial charge in [-0.15, -0.1) is 0 Å². The van der Waals surface area contributed by atoms with E-state index in [1.54, 1.807) is 30.3 Å². The normalized spacial score (nSPS) is 9.29. The molecule has 0 spiro atoms. The van der Waals surface area contributed by atoms with E-state index in [0.717, 1.165) is 5.56 Å². The Morgan fingerprint density at radius 1 is 1.21 bits per heavy atom. The van der Waals surface area contributed by atoms with Crippen molar-refractivity contribution in [1.29, 1.82) is 10.5 Å². The summed E-state index contributed by atoms with van der Waals surface area (Å²) < 4.78 is 5.63. The third-order valence-electron chi connectivity index (χ3n) is 2.84. The number of nitrogens with one attached hydrogen (secondary N) is 1. The fourth-order valence-corrected chi connectivity index (χ4v) is 1.82. The number of hydrogen-bond acceptors (Lipinski definition) is 7. The molecule has 0 saturated heterocycles. The third kappa shape index (κ3) is 4.29. The first-order valence-corrected chi connectivity index (χ1v) is 6.69. The first kappa shape index (κ1) is 16.5. The molecule has 0 aliphatic heterocycles. The number of anilines is 1. The highest BCUT2D eigenvalue weighted by Crippen LogP contribution is 2.30. The zero-order valence-corrected chi connectivity index (χ0v) is 12.6. The number of hydrazone groups is 1. The number of rotatable bonds is 5. The van der Waals surface area contributed by atoms with Crippen LogP contribution in [0.2, 0.25) is 0 Å². The molecular formula is C16H11N5O3. The average Bonchev–Trinajstić information content (AvgIpc) is 2.55. The van der Waals surface area contributed by atoms with E-state index in [4.69, 9.17) is 15.3 Å². The molecule has 0 aliphatic rings.